The summed E-state index contributed by atoms with van der Waals surface area (Å²) in [6, 6.07) is 5.47. The van der Waals surface area contributed by atoms with E-state index in [1.165, 1.54) is 0 Å². The lowest BCUT2D eigenvalue weighted by Gasteiger charge is -2.31. The van der Waals surface area contributed by atoms with Crippen LogP contribution in [0.15, 0.2) is 18.2 Å². The SMILES string of the molecule is COc1ccc(NC(=O)C2CC(N)C2)cc1OC. The molecule has 0 spiro atoms. The molecule has 1 amide bonds. The number of carbonyl (C=O) groups is 1. The predicted molar refractivity (Wildman–Crippen MR) is 68.9 cm³/mol. The van der Waals surface area contributed by atoms with E-state index < -0.39 is 0 Å². The number of nitrogens with two attached hydrogens (primary N) is 1. The normalized spacial score (nSPS) is 21.9. The average molecular weight is 250 g/mol. The molecule has 1 aliphatic rings. The first-order valence-corrected chi connectivity index (χ1v) is 5.92. The summed E-state index contributed by atoms with van der Waals surface area (Å²) in [5.74, 6) is 1.29. The van der Waals surface area contributed by atoms with Crippen molar-refractivity contribution in [2.45, 2.75) is 18.9 Å². The quantitative estimate of drug-likeness (QED) is 0.846. The van der Waals surface area contributed by atoms with Crippen molar-refractivity contribution in [2.24, 2.45) is 11.7 Å². The van der Waals surface area contributed by atoms with Crippen molar-refractivity contribution in [3.05, 3.63) is 18.2 Å². The van der Waals surface area contributed by atoms with Gasteiger partial charge in [0.15, 0.2) is 11.5 Å². The highest BCUT2D eigenvalue weighted by molar-refractivity contribution is 5.93. The molecule has 0 bridgehead atoms. The number of hydrogen-bond donors (Lipinski definition) is 2. The van der Waals surface area contributed by atoms with Gasteiger partial charge >= 0.3 is 0 Å². The molecule has 1 aromatic carbocycles. The summed E-state index contributed by atoms with van der Waals surface area (Å²) in [5.41, 5.74) is 6.37. The molecule has 5 nitrogen and oxygen atoms in total. The predicted octanol–water partition coefficient (Wildman–Crippen LogP) is 1.38. The molecule has 0 unspecified atom stereocenters. The van der Waals surface area contributed by atoms with E-state index in [9.17, 15) is 4.79 Å². The van der Waals surface area contributed by atoms with Crippen LogP contribution >= 0.6 is 0 Å². The second-order valence-electron chi connectivity index (χ2n) is 4.49. The smallest absolute Gasteiger partial charge is 0.227 e. The van der Waals surface area contributed by atoms with Crippen LogP contribution in [0.4, 0.5) is 5.69 Å². The number of carbonyl (C=O) groups excluding carboxylic acids is 1. The molecular weight excluding hydrogens is 232 g/mol. The largest absolute Gasteiger partial charge is 0.493 e. The van der Waals surface area contributed by atoms with E-state index in [2.05, 4.69) is 5.32 Å². The summed E-state index contributed by atoms with van der Waals surface area (Å²) in [5, 5.41) is 2.86. The molecule has 5 heteroatoms. The molecular formula is C13H18N2O3. The van der Waals surface area contributed by atoms with Gasteiger partial charge in [-0.1, -0.05) is 0 Å². The lowest BCUT2D eigenvalue weighted by atomic mass is 9.80. The Bertz CT molecular complexity index is 442. The Balaban J connectivity index is 2.03. The minimum absolute atomic E-state index is 0.0175. The van der Waals surface area contributed by atoms with Crippen molar-refractivity contribution >= 4 is 11.6 Å². The summed E-state index contributed by atoms with van der Waals surface area (Å²) in [7, 11) is 3.14. The molecule has 1 aliphatic carbocycles. The van der Waals surface area contributed by atoms with Crippen molar-refractivity contribution in [2.75, 3.05) is 19.5 Å². The maximum absolute atomic E-state index is 11.9. The molecule has 0 aromatic heterocycles. The molecule has 0 heterocycles. The molecule has 98 valence electrons. The summed E-state index contributed by atoms with van der Waals surface area (Å²) in [6.07, 6.45) is 1.53. The fourth-order valence-electron chi connectivity index (χ4n) is 2.03. The number of methoxy groups -OCH3 is 2. The third kappa shape index (κ3) is 2.56. The summed E-state index contributed by atoms with van der Waals surface area (Å²) >= 11 is 0. The van der Waals surface area contributed by atoms with Crippen molar-refractivity contribution in [1.29, 1.82) is 0 Å². The lowest BCUT2D eigenvalue weighted by molar-refractivity contribution is -0.122. The van der Waals surface area contributed by atoms with Crippen molar-refractivity contribution in [1.82, 2.24) is 0 Å². The van der Waals surface area contributed by atoms with E-state index in [0.29, 0.717) is 17.2 Å². The number of ether oxygens (including phenoxy) is 2. The highest BCUT2D eigenvalue weighted by Gasteiger charge is 2.31. The van der Waals surface area contributed by atoms with Gasteiger partial charge in [0.2, 0.25) is 5.91 Å². The minimum atomic E-state index is 0.0175. The zero-order chi connectivity index (χ0) is 13.1. The second kappa shape index (κ2) is 5.27. The van der Waals surface area contributed by atoms with Crippen LogP contribution in [0.5, 0.6) is 11.5 Å². The van der Waals surface area contributed by atoms with Gasteiger partial charge in [0.1, 0.15) is 0 Å². The maximum Gasteiger partial charge on any atom is 0.227 e. The van der Waals surface area contributed by atoms with Crippen molar-refractivity contribution in [3.63, 3.8) is 0 Å². The summed E-state index contributed by atoms with van der Waals surface area (Å²) in [6.45, 7) is 0. The van der Waals surface area contributed by atoms with Crippen molar-refractivity contribution < 1.29 is 14.3 Å². The Morgan fingerprint density at radius 3 is 2.50 bits per heavy atom. The van der Waals surface area contributed by atoms with Crippen LogP contribution in [0.2, 0.25) is 0 Å². The Morgan fingerprint density at radius 1 is 1.28 bits per heavy atom. The van der Waals surface area contributed by atoms with E-state index in [1.54, 1.807) is 32.4 Å². The van der Waals surface area contributed by atoms with Gasteiger partial charge < -0.3 is 20.5 Å². The first kappa shape index (κ1) is 12.7. The van der Waals surface area contributed by atoms with Gasteiger partial charge in [-0.3, -0.25) is 4.79 Å². The Labute approximate surface area is 106 Å². The standard InChI is InChI=1S/C13H18N2O3/c1-17-11-4-3-10(7-12(11)18-2)15-13(16)8-5-9(14)6-8/h3-4,7-9H,5-6,14H2,1-2H3,(H,15,16). The topological polar surface area (TPSA) is 73.6 Å². The molecule has 1 saturated carbocycles. The van der Waals surface area contributed by atoms with Gasteiger partial charge in [0.25, 0.3) is 0 Å². The highest BCUT2D eigenvalue weighted by atomic mass is 16.5. The van der Waals surface area contributed by atoms with Crippen LogP contribution in [0.1, 0.15) is 12.8 Å². The molecule has 2 rings (SSSR count). The third-order valence-corrected chi connectivity index (χ3v) is 3.20. The second-order valence-corrected chi connectivity index (χ2v) is 4.49. The fraction of sp³-hybridized carbons (Fsp3) is 0.462. The van der Waals surface area contributed by atoms with E-state index in [-0.39, 0.29) is 17.9 Å². The van der Waals surface area contributed by atoms with Crippen molar-refractivity contribution in [3.8, 4) is 11.5 Å². The van der Waals surface area contributed by atoms with Crippen LogP contribution in [-0.2, 0) is 4.79 Å². The van der Waals surface area contributed by atoms with Crippen LogP contribution in [-0.4, -0.2) is 26.2 Å². The summed E-state index contributed by atoms with van der Waals surface area (Å²) < 4.78 is 10.3. The Hall–Kier alpha value is -1.75. The van der Waals surface area contributed by atoms with Crippen LogP contribution in [0.3, 0.4) is 0 Å². The van der Waals surface area contributed by atoms with Gasteiger partial charge in [0.05, 0.1) is 14.2 Å². The first-order chi connectivity index (χ1) is 8.63. The molecule has 0 radical (unpaired) electrons. The van der Waals surface area contributed by atoms with Gasteiger partial charge in [-0.15, -0.1) is 0 Å². The highest BCUT2D eigenvalue weighted by Crippen LogP contribution is 2.31. The molecule has 1 fully saturated rings. The number of benzene rings is 1. The average Bonchev–Trinajstić information content (AvgIpc) is 2.34. The molecule has 0 atom stereocenters. The van der Waals surface area contributed by atoms with Gasteiger partial charge in [-0.25, -0.2) is 0 Å². The number of anilines is 1. The lowest BCUT2D eigenvalue weighted by Crippen LogP contribution is -2.42. The van der Waals surface area contributed by atoms with Crippen LogP contribution in [0.25, 0.3) is 0 Å². The molecule has 3 N–H and O–H groups in total. The maximum atomic E-state index is 11.9. The van der Waals surface area contributed by atoms with Crippen LogP contribution in [0, 0.1) is 5.92 Å². The van der Waals surface area contributed by atoms with Crippen LogP contribution < -0.4 is 20.5 Å². The minimum Gasteiger partial charge on any atom is -0.493 e. The van der Waals surface area contributed by atoms with Gasteiger partial charge in [-0.2, -0.15) is 0 Å². The fourth-order valence-corrected chi connectivity index (χ4v) is 2.03. The van der Waals surface area contributed by atoms with E-state index in [0.717, 1.165) is 12.8 Å². The molecule has 1 aromatic rings. The Morgan fingerprint density at radius 2 is 1.94 bits per heavy atom. The van der Waals surface area contributed by atoms with E-state index in [1.807, 2.05) is 0 Å². The number of nitrogens with one attached hydrogen (secondary N) is 1. The first-order valence-electron chi connectivity index (χ1n) is 5.92. The molecule has 0 saturated heterocycles. The number of amides is 1. The monoisotopic (exact) mass is 250 g/mol. The van der Waals surface area contributed by atoms with E-state index >= 15 is 0 Å². The van der Waals surface area contributed by atoms with Gasteiger partial charge in [0, 0.05) is 23.7 Å². The zero-order valence-electron chi connectivity index (χ0n) is 10.6. The zero-order valence-corrected chi connectivity index (χ0v) is 10.6. The molecule has 0 aliphatic heterocycles. The summed E-state index contributed by atoms with van der Waals surface area (Å²) in [4.78, 5) is 11.9. The van der Waals surface area contributed by atoms with E-state index in [4.69, 9.17) is 15.2 Å². The van der Waals surface area contributed by atoms with Gasteiger partial charge in [-0.05, 0) is 25.0 Å². The number of rotatable bonds is 4. The molecule has 18 heavy (non-hydrogen) atoms. The third-order valence-electron chi connectivity index (χ3n) is 3.20. The Kier molecular flexibility index (Phi) is 3.72. The number of hydrogen-bond acceptors (Lipinski definition) is 4.